The first-order valence-corrected chi connectivity index (χ1v) is 7.52. The van der Waals surface area contributed by atoms with Crippen molar-refractivity contribution >= 4 is 22.8 Å². The number of amides is 1. The number of nitrogens with zero attached hydrogens (tertiary/aromatic N) is 2. The number of aromatic carboxylic acids is 1. The van der Waals surface area contributed by atoms with Gasteiger partial charge in [0.05, 0.1) is 30.3 Å². The van der Waals surface area contributed by atoms with Gasteiger partial charge in [0.2, 0.25) is 5.91 Å². The van der Waals surface area contributed by atoms with E-state index in [-0.39, 0.29) is 18.0 Å². The van der Waals surface area contributed by atoms with Crippen molar-refractivity contribution in [1.29, 1.82) is 0 Å². The average molecular weight is 322 g/mol. The molecule has 122 valence electrons. The van der Waals surface area contributed by atoms with Crippen molar-refractivity contribution in [3.8, 4) is 0 Å². The molecule has 0 aliphatic rings. The fourth-order valence-corrected chi connectivity index (χ4v) is 2.83. The molecule has 0 spiro atoms. The minimum absolute atomic E-state index is 0.0303. The molecular formula is C18H16N3O3-. The second-order valence-corrected chi connectivity index (χ2v) is 5.47. The highest BCUT2D eigenvalue weighted by atomic mass is 16.4. The number of nitrogens with one attached hydrogen (secondary N) is 1. The molecule has 1 amide bonds. The Bertz CT molecular complexity index is 901. The summed E-state index contributed by atoms with van der Waals surface area (Å²) in [5.41, 5.74) is 1.99. The van der Waals surface area contributed by atoms with E-state index >= 15 is 0 Å². The van der Waals surface area contributed by atoms with Gasteiger partial charge in [-0.3, -0.25) is 9.78 Å². The van der Waals surface area contributed by atoms with Gasteiger partial charge in [0, 0.05) is 24.1 Å². The van der Waals surface area contributed by atoms with Gasteiger partial charge in [-0.05, 0) is 23.8 Å². The highest BCUT2D eigenvalue weighted by molar-refractivity contribution is 5.99. The number of fused-ring (bicyclic) bond motifs is 1. The maximum Gasteiger partial charge on any atom is 0.224 e. The van der Waals surface area contributed by atoms with Crippen LogP contribution in [0, 0.1) is 0 Å². The molecule has 0 unspecified atom stereocenters. The van der Waals surface area contributed by atoms with E-state index in [4.69, 9.17) is 0 Å². The minimum Gasteiger partial charge on any atom is -0.543 e. The van der Waals surface area contributed by atoms with Gasteiger partial charge in [-0.2, -0.15) is 0 Å². The Kier molecular flexibility index (Phi) is 4.29. The summed E-state index contributed by atoms with van der Waals surface area (Å²) in [5.74, 6) is -1.55. The smallest absolute Gasteiger partial charge is 0.224 e. The predicted octanol–water partition coefficient (Wildman–Crippen LogP) is 0.796. The lowest BCUT2D eigenvalue weighted by atomic mass is 10.1. The Labute approximate surface area is 138 Å². The van der Waals surface area contributed by atoms with Crippen LogP contribution in [-0.2, 0) is 24.8 Å². The van der Waals surface area contributed by atoms with Crippen molar-refractivity contribution in [3.63, 3.8) is 0 Å². The molecule has 0 fully saturated rings. The number of rotatable bonds is 5. The van der Waals surface area contributed by atoms with Crippen molar-refractivity contribution in [3.05, 3.63) is 65.6 Å². The number of aromatic nitrogens is 2. The summed E-state index contributed by atoms with van der Waals surface area (Å²) in [6, 6.07) is 12.7. The molecule has 0 atom stereocenters. The summed E-state index contributed by atoms with van der Waals surface area (Å²) in [6.45, 7) is 0.297. The number of benzene rings is 1. The molecule has 2 aromatic heterocycles. The molecule has 2 heterocycles. The summed E-state index contributed by atoms with van der Waals surface area (Å²) in [4.78, 5) is 27.9. The molecule has 0 aliphatic carbocycles. The molecule has 3 rings (SSSR count). The first-order chi connectivity index (χ1) is 11.6. The van der Waals surface area contributed by atoms with Crippen LogP contribution in [0.3, 0.4) is 0 Å². The van der Waals surface area contributed by atoms with E-state index in [0.717, 1.165) is 16.6 Å². The van der Waals surface area contributed by atoms with Crippen LogP contribution in [0.4, 0.5) is 0 Å². The molecule has 24 heavy (non-hydrogen) atoms. The van der Waals surface area contributed by atoms with Crippen LogP contribution < -0.4 is 10.4 Å². The van der Waals surface area contributed by atoms with E-state index in [1.54, 1.807) is 23.9 Å². The number of carboxylic acids is 1. The summed E-state index contributed by atoms with van der Waals surface area (Å²) >= 11 is 0. The molecule has 6 heteroatoms. The Hall–Kier alpha value is -3.15. The molecule has 1 aromatic carbocycles. The topological polar surface area (TPSA) is 87.0 Å². The fraction of sp³-hybridized carbons (Fsp3) is 0.167. The van der Waals surface area contributed by atoms with Crippen molar-refractivity contribution in [2.75, 3.05) is 0 Å². The molecule has 0 saturated carbocycles. The Morgan fingerprint density at radius 3 is 2.62 bits per heavy atom. The average Bonchev–Trinajstić information content (AvgIpc) is 2.87. The van der Waals surface area contributed by atoms with Crippen molar-refractivity contribution in [1.82, 2.24) is 14.9 Å². The summed E-state index contributed by atoms with van der Waals surface area (Å²) in [5, 5.41) is 15.0. The molecular weight excluding hydrogens is 306 g/mol. The standard InChI is InChI=1S/C18H17N3O3/c1-21-15-8-3-2-7-13(15)14(17(21)18(23)24)10-16(22)20-11-12-6-4-5-9-19-12/h2-9H,10-11H2,1H3,(H,20,22)(H,23,24)/p-1. The van der Waals surface area contributed by atoms with Gasteiger partial charge in [-0.25, -0.2) is 0 Å². The van der Waals surface area contributed by atoms with Crippen molar-refractivity contribution in [2.24, 2.45) is 7.05 Å². The van der Waals surface area contributed by atoms with E-state index in [1.165, 1.54) is 0 Å². The molecule has 1 N–H and O–H groups in total. The maximum absolute atomic E-state index is 12.3. The quantitative estimate of drug-likeness (QED) is 0.752. The zero-order valence-corrected chi connectivity index (χ0v) is 13.2. The zero-order chi connectivity index (χ0) is 17.1. The fourth-order valence-electron chi connectivity index (χ4n) is 2.83. The monoisotopic (exact) mass is 322 g/mol. The number of hydrogen-bond donors (Lipinski definition) is 1. The Morgan fingerprint density at radius 1 is 1.17 bits per heavy atom. The van der Waals surface area contributed by atoms with Crippen LogP contribution in [0.2, 0.25) is 0 Å². The van der Waals surface area contributed by atoms with Crippen LogP contribution in [0.25, 0.3) is 10.9 Å². The van der Waals surface area contributed by atoms with Gasteiger partial charge in [-0.15, -0.1) is 0 Å². The summed E-state index contributed by atoms with van der Waals surface area (Å²) in [7, 11) is 1.66. The first-order valence-electron chi connectivity index (χ1n) is 7.52. The van der Waals surface area contributed by atoms with E-state index in [0.29, 0.717) is 12.1 Å². The SMILES string of the molecule is Cn1c(C(=O)[O-])c(CC(=O)NCc2ccccn2)c2ccccc21. The van der Waals surface area contributed by atoms with Crippen LogP contribution in [0.15, 0.2) is 48.7 Å². The van der Waals surface area contributed by atoms with E-state index in [9.17, 15) is 14.7 Å². The second kappa shape index (κ2) is 6.54. The van der Waals surface area contributed by atoms with Crippen LogP contribution in [0.1, 0.15) is 21.7 Å². The van der Waals surface area contributed by atoms with Gasteiger partial charge in [0.25, 0.3) is 0 Å². The number of carbonyl (C=O) groups is 2. The van der Waals surface area contributed by atoms with Gasteiger partial charge in [0.15, 0.2) is 0 Å². The van der Waals surface area contributed by atoms with Gasteiger partial charge < -0.3 is 19.8 Å². The maximum atomic E-state index is 12.3. The van der Waals surface area contributed by atoms with Crippen LogP contribution in [0.5, 0.6) is 0 Å². The number of pyridine rings is 1. The van der Waals surface area contributed by atoms with Gasteiger partial charge >= 0.3 is 0 Å². The molecule has 0 aliphatic heterocycles. The Balaban J connectivity index is 1.85. The third-order valence-electron chi connectivity index (χ3n) is 3.94. The minimum atomic E-state index is -1.29. The first kappa shape index (κ1) is 15.7. The molecule has 6 nitrogen and oxygen atoms in total. The lowest BCUT2D eigenvalue weighted by Gasteiger charge is -2.09. The molecule has 0 radical (unpaired) electrons. The lowest BCUT2D eigenvalue weighted by Crippen LogP contribution is -2.29. The Morgan fingerprint density at radius 2 is 1.92 bits per heavy atom. The molecule has 3 aromatic rings. The second-order valence-electron chi connectivity index (χ2n) is 5.47. The van der Waals surface area contributed by atoms with Gasteiger partial charge in [0.1, 0.15) is 0 Å². The third kappa shape index (κ3) is 2.99. The third-order valence-corrected chi connectivity index (χ3v) is 3.94. The lowest BCUT2D eigenvalue weighted by molar-refractivity contribution is -0.255. The zero-order valence-electron chi connectivity index (χ0n) is 13.2. The summed E-state index contributed by atoms with van der Waals surface area (Å²) < 4.78 is 1.55. The van der Waals surface area contributed by atoms with Crippen LogP contribution >= 0.6 is 0 Å². The highest BCUT2D eigenvalue weighted by Crippen LogP contribution is 2.25. The number of para-hydroxylation sites is 1. The van der Waals surface area contributed by atoms with Gasteiger partial charge in [-0.1, -0.05) is 24.3 Å². The van der Waals surface area contributed by atoms with E-state index < -0.39 is 5.97 Å². The highest BCUT2D eigenvalue weighted by Gasteiger charge is 2.18. The predicted molar refractivity (Wildman–Crippen MR) is 87.0 cm³/mol. The largest absolute Gasteiger partial charge is 0.543 e. The molecule has 0 bridgehead atoms. The van der Waals surface area contributed by atoms with E-state index in [2.05, 4.69) is 10.3 Å². The number of carboxylic acid groups (broad SMARTS) is 1. The molecule has 0 saturated heterocycles. The van der Waals surface area contributed by atoms with E-state index in [1.807, 2.05) is 36.4 Å². The van der Waals surface area contributed by atoms with Crippen molar-refractivity contribution in [2.45, 2.75) is 13.0 Å². The summed E-state index contributed by atoms with van der Waals surface area (Å²) in [6.07, 6.45) is 1.62. The van der Waals surface area contributed by atoms with Crippen molar-refractivity contribution < 1.29 is 14.7 Å². The number of carbonyl (C=O) groups excluding carboxylic acids is 2. The number of aryl methyl sites for hydroxylation is 1. The van der Waals surface area contributed by atoms with Crippen LogP contribution in [-0.4, -0.2) is 21.4 Å². The normalized spacial score (nSPS) is 10.7. The number of hydrogen-bond acceptors (Lipinski definition) is 4.